The summed E-state index contributed by atoms with van der Waals surface area (Å²) < 4.78 is 141. The Morgan fingerprint density at radius 1 is 0.579 bits per heavy atom. The number of esters is 2. The Morgan fingerprint density at radius 3 is 1.65 bits per heavy atom. The molecular formula is C42H36F8O7. The van der Waals surface area contributed by atoms with Crippen LogP contribution >= 0.6 is 0 Å². The molecule has 7 nitrogen and oxygen atoms in total. The normalized spacial score (nSPS) is 12.3. The standard InChI is InChI=1S/C42H36F8O7/c1-3-36(51)55-21-7-5-19-53-31-14-16-33-29(25-31)24-28-23-27(11-15-32(28)33)26-9-12-30(13-10-26)42(49,50)57-35-18-17-34(54-20-6-8-22-56-37(52)4-2)38(40(43,44)45)39(35)41(46,47)48/h3-4,9-18,23,25H,1-2,5-8,19-22,24H2. The third kappa shape index (κ3) is 10.7. The van der Waals surface area contributed by atoms with Gasteiger partial charge in [-0.15, -0.1) is 0 Å². The summed E-state index contributed by atoms with van der Waals surface area (Å²) in [5.41, 5.74) is -0.579. The lowest BCUT2D eigenvalue weighted by molar-refractivity contribution is -0.195. The zero-order valence-electron chi connectivity index (χ0n) is 30.2. The third-order valence-electron chi connectivity index (χ3n) is 8.77. The Labute approximate surface area is 322 Å². The number of rotatable bonds is 18. The van der Waals surface area contributed by atoms with Gasteiger partial charge in [-0.25, -0.2) is 9.59 Å². The van der Waals surface area contributed by atoms with Gasteiger partial charge >= 0.3 is 30.4 Å². The molecule has 0 bridgehead atoms. The fourth-order valence-corrected chi connectivity index (χ4v) is 6.09. The Kier molecular flexibility index (Phi) is 13.3. The first-order chi connectivity index (χ1) is 27.0. The summed E-state index contributed by atoms with van der Waals surface area (Å²) in [4.78, 5) is 22.2. The number of benzene rings is 4. The largest absolute Gasteiger partial charge is 0.494 e. The molecular weight excluding hydrogens is 768 g/mol. The molecule has 0 saturated carbocycles. The van der Waals surface area contributed by atoms with E-state index in [0.29, 0.717) is 54.9 Å². The van der Waals surface area contributed by atoms with Crippen molar-refractivity contribution in [2.24, 2.45) is 0 Å². The van der Waals surface area contributed by atoms with E-state index >= 15 is 8.78 Å². The van der Waals surface area contributed by atoms with Crippen molar-refractivity contribution in [3.05, 3.63) is 126 Å². The van der Waals surface area contributed by atoms with Crippen molar-refractivity contribution in [3.63, 3.8) is 0 Å². The molecule has 302 valence electrons. The van der Waals surface area contributed by atoms with Gasteiger partial charge in [0.25, 0.3) is 0 Å². The van der Waals surface area contributed by atoms with Crippen LogP contribution in [-0.2, 0) is 43.9 Å². The summed E-state index contributed by atoms with van der Waals surface area (Å²) in [6, 6.07) is 16.6. The summed E-state index contributed by atoms with van der Waals surface area (Å²) in [5.74, 6) is -3.53. The van der Waals surface area contributed by atoms with Crippen LogP contribution < -0.4 is 14.2 Å². The van der Waals surface area contributed by atoms with Gasteiger partial charge in [-0.1, -0.05) is 49.6 Å². The van der Waals surface area contributed by atoms with Gasteiger partial charge in [-0.3, -0.25) is 0 Å². The van der Waals surface area contributed by atoms with E-state index in [0.717, 1.165) is 46.5 Å². The van der Waals surface area contributed by atoms with Crippen LogP contribution in [-0.4, -0.2) is 38.4 Å². The average Bonchev–Trinajstić information content (AvgIpc) is 3.53. The summed E-state index contributed by atoms with van der Waals surface area (Å²) in [6.45, 7) is 6.59. The first-order valence-electron chi connectivity index (χ1n) is 17.6. The molecule has 1 aliphatic rings. The summed E-state index contributed by atoms with van der Waals surface area (Å²) in [5, 5.41) is 0. The minimum absolute atomic E-state index is 0.00790. The SMILES string of the molecule is C=CC(=O)OCCCCOc1ccc2c(c1)Cc1cc(-c3ccc(C(F)(F)Oc4ccc(OCCCCOC(=O)C=C)c(C(F)(F)F)c4C(F)(F)F)cc3)ccc1-2. The predicted molar refractivity (Wildman–Crippen MR) is 193 cm³/mol. The highest BCUT2D eigenvalue weighted by Gasteiger charge is 2.50. The average molecular weight is 805 g/mol. The Hall–Kier alpha value is -5.86. The highest BCUT2D eigenvalue weighted by atomic mass is 19.4. The quantitative estimate of drug-likeness (QED) is 0.0378. The molecule has 0 heterocycles. The molecule has 0 aliphatic heterocycles. The maximum Gasteiger partial charge on any atom is 0.426 e. The lowest BCUT2D eigenvalue weighted by Crippen LogP contribution is -2.26. The van der Waals surface area contributed by atoms with Crippen molar-refractivity contribution >= 4 is 11.9 Å². The number of hydrogen-bond donors (Lipinski definition) is 0. The van der Waals surface area contributed by atoms with Crippen LogP contribution in [0.4, 0.5) is 35.1 Å². The third-order valence-corrected chi connectivity index (χ3v) is 8.77. The molecule has 5 rings (SSSR count). The lowest BCUT2D eigenvalue weighted by atomic mass is 9.98. The second kappa shape index (κ2) is 17.9. The monoisotopic (exact) mass is 804 g/mol. The highest BCUT2D eigenvalue weighted by molar-refractivity contribution is 5.82. The van der Waals surface area contributed by atoms with E-state index in [4.69, 9.17) is 18.9 Å². The van der Waals surface area contributed by atoms with Crippen molar-refractivity contribution in [2.75, 3.05) is 26.4 Å². The van der Waals surface area contributed by atoms with Crippen molar-refractivity contribution in [2.45, 2.75) is 50.6 Å². The topological polar surface area (TPSA) is 80.3 Å². The molecule has 1 aliphatic carbocycles. The zero-order valence-corrected chi connectivity index (χ0v) is 30.2. The van der Waals surface area contributed by atoms with Gasteiger partial charge in [0.2, 0.25) is 0 Å². The molecule has 15 heteroatoms. The van der Waals surface area contributed by atoms with E-state index in [2.05, 4.69) is 17.9 Å². The smallest absolute Gasteiger partial charge is 0.426 e. The number of fused-ring (bicyclic) bond motifs is 3. The Morgan fingerprint density at radius 2 is 1.07 bits per heavy atom. The van der Waals surface area contributed by atoms with Gasteiger partial charge in [0.15, 0.2) is 0 Å². The molecule has 0 radical (unpaired) electrons. The molecule has 4 aromatic carbocycles. The van der Waals surface area contributed by atoms with Gasteiger partial charge in [0.05, 0.1) is 32.0 Å². The second-order valence-corrected chi connectivity index (χ2v) is 12.7. The van der Waals surface area contributed by atoms with Gasteiger partial charge in [0.1, 0.15) is 28.4 Å². The van der Waals surface area contributed by atoms with E-state index in [1.54, 1.807) is 6.07 Å². The molecule has 57 heavy (non-hydrogen) atoms. The van der Waals surface area contributed by atoms with Crippen molar-refractivity contribution in [1.29, 1.82) is 0 Å². The van der Waals surface area contributed by atoms with Gasteiger partial charge in [-0.05, 0) is 102 Å². The van der Waals surface area contributed by atoms with Crippen LogP contribution in [0.25, 0.3) is 22.3 Å². The van der Waals surface area contributed by atoms with Crippen LogP contribution in [0.15, 0.2) is 98.1 Å². The molecule has 0 saturated heterocycles. The molecule has 0 N–H and O–H groups in total. The Balaban J connectivity index is 1.27. The molecule has 0 aromatic heterocycles. The molecule has 0 atom stereocenters. The number of carbonyl (C=O) groups excluding carboxylic acids is 2. The van der Waals surface area contributed by atoms with Crippen LogP contribution in [0.2, 0.25) is 0 Å². The van der Waals surface area contributed by atoms with Crippen molar-refractivity contribution in [1.82, 2.24) is 0 Å². The van der Waals surface area contributed by atoms with Crippen LogP contribution in [0.3, 0.4) is 0 Å². The van der Waals surface area contributed by atoms with E-state index in [1.807, 2.05) is 30.3 Å². The minimum atomic E-state index is -5.77. The lowest BCUT2D eigenvalue weighted by Gasteiger charge is -2.25. The molecule has 0 fully saturated rings. The first kappa shape index (κ1) is 42.3. The van der Waals surface area contributed by atoms with Gasteiger partial charge in [0, 0.05) is 12.2 Å². The van der Waals surface area contributed by atoms with Crippen LogP contribution in [0, 0.1) is 0 Å². The number of alkyl halides is 8. The number of hydrogen-bond acceptors (Lipinski definition) is 7. The second-order valence-electron chi connectivity index (χ2n) is 12.7. The molecule has 4 aromatic rings. The number of carbonyl (C=O) groups is 2. The fraction of sp³-hybridized carbons (Fsp3) is 0.286. The maximum atomic E-state index is 15.4. The summed E-state index contributed by atoms with van der Waals surface area (Å²) in [7, 11) is 0. The maximum absolute atomic E-state index is 15.4. The molecule has 0 unspecified atom stereocenters. The summed E-state index contributed by atoms with van der Waals surface area (Å²) in [6.07, 6.45) is -12.0. The van der Waals surface area contributed by atoms with E-state index in [1.165, 1.54) is 12.1 Å². The minimum Gasteiger partial charge on any atom is -0.494 e. The molecule has 0 spiro atoms. The van der Waals surface area contributed by atoms with Gasteiger partial charge in [-0.2, -0.15) is 35.1 Å². The highest BCUT2D eigenvalue weighted by Crippen LogP contribution is 2.50. The number of halogens is 8. The van der Waals surface area contributed by atoms with Crippen LogP contribution in [0.5, 0.6) is 17.2 Å². The number of ether oxygens (including phenoxy) is 5. The van der Waals surface area contributed by atoms with E-state index < -0.39 is 65.2 Å². The fourth-order valence-electron chi connectivity index (χ4n) is 6.09. The Bertz CT molecular complexity index is 2090. The van der Waals surface area contributed by atoms with Crippen LogP contribution in [0.1, 0.15) is 53.5 Å². The van der Waals surface area contributed by atoms with E-state index in [-0.39, 0.29) is 26.1 Å². The number of unbranched alkanes of at least 4 members (excludes halogenated alkanes) is 2. The first-order valence-corrected chi connectivity index (χ1v) is 17.6. The summed E-state index contributed by atoms with van der Waals surface area (Å²) >= 11 is 0. The van der Waals surface area contributed by atoms with Crippen molar-refractivity contribution < 1.29 is 68.4 Å². The zero-order chi connectivity index (χ0) is 41.4. The predicted octanol–water partition coefficient (Wildman–Crippen LogP) is 10.9. The van der Waals surface area contributed by atoms with Gasteiger partial charge < -0.3 is 23.7 Å². The molecule has 0 amide bonds. The van der Waals surface area contributed by atoms with E-state index in [9.17, 15) is 35.9 Å². The van der Waals surface area contributed by atoms with Crippen molar-refractivity contribution in [3.8, 4) is 39.5 Å².